The van der Waals surface area contributed by atoms with E-state index in [0.29, 0.717) is 6.42 Å². The highest BCUT2D eigenvalue weighted by Gasteiger charge is 2.53. The largest absolute Gasteiger partial charge is 0.391 e. The molecule has 0 bridgehead atoms. The molecule has 9 unspecified atom stereocenters. The number of hydrogen-bond donors (Lipinski definition) is 10. The molecule has 4 aliphatic rings. The van der Waals surface area contributed by atoms with E-state index < -0.39 is 97.9 Å². The highest BCUT2D eigenvalue weighted by molar-refractivity contribution is 5.76. The van der Waals surface area contributed by atoms with E-state index in [9.17, 15) is 20.4 Å². The van der Waals surface area contributed by atoms with Gasteiger partial charge in [0.1, 0.15) is 30.5 Å². The minimum absolute atomic E-state index is 0.245. The summed E-state index contributed by atoms with van der Waals surface area (Å²) >= 11 is 0. The molecule has 220 valence electrons. The highest BCUT2D eigenvalue weighted by Crippen LogP contribution is 2.35. The number of likely N-dealkylation sites (N-methyl/N-ethyl adjacent to an activating group) is 1. The topological polar surface area (TPSA) is 282 Å². The van der Waals surface area contributed by atoms with Gasteiger partial charge in [0.15, 0.2) is 24.8 Å². The SMILES string of the molecule is CNC1C(O[C@H]2OC(C)[C@@H](N=C(N)N)[C@H](O)C2O)O[C@H]2CC(N)[C@@H](O[C@H]3CC(O)[C@H](N)CC3N)OC2C1O. The first-order valence-corrected chi connectivity index (χ1v) is 12.9. The van der Waals surface area contributed by atoms with E-state index in [1.165, 1.54) is 0 Å². The zero-order chi connectivity index (χ0) is 27.9. The number of hydrogen-bond acceptors (Lipinski definition) is 14. The molecule has 1 saturated carbocycles. The number of nitrogens with one attached hydrogen (secondary N) is 1. The zero-order valence-corrected chi connectivity index (χ0v) is 21.5. The van der Waals surface area contributed by atoms with E-state index in [1.54, 1.807) is 14.0 Å². The number of aliphatic hydroxyl groups is 4. The molecular weight excluding hydrogens is 506 g/mol. The number of fused-ring (bicyclic) bond motifs is 1. The van der Waals surface area contributed by atoms with Crippen molar-refractivity contribution in [2.45, 2.75) is 124 Å². The van der Waals surface area contributed by atoms with Crippen molar-refractivity contribution in [3.05, 3.63) is 0 Å². The average molecular weight is 550 g/mol. The van der Waals surface area contributed by atoms with Gasteiger partial charge in [-0.05, 0) is 26.8 Å². The van der Waals surface area contributed by atoms with Crippen LogP contribution in [0.3, 0.4) is 0 Å². The Kier molecular flexibility index (Phi) is 9.46. The van der Waals surface area contributed by atoms with Crippen LogP contribution in [0.15, 0.2) is 4.99 Å². The maximum absolute atomic E-state index is 11.2. The lowest BCUT2D eigenvalue weighted by Crippen LogP contribution is -2.69. The second kappa shape index (κ2) is 12.1. The van der Waals surface area contributed by atoms with E-state index in [4.69, 9.17) is 52.4 Å². The predicted molar refractivity (Wildman–Crippen MR) is 132 cm³/mol. The van der Waals surface area contributed by atoms with Crippen LogP contribution in [0.2, 0.25) is 0 Å². The molecule has 0 aromatic carbocycles. The molecule has 3 heterocycles. The fourth-order valence-corrected chi connectivity index (χ4v) is 5.62. The molecule has 3 saturated heterocycles. The van der Waals surface area contributed by atoms with Gasteiger partial charge in [-0.3, -0.25) is 0 Å². The number of ether oxygens (including phenoxy) is 5. The lowest BCUT2D eigenvalue weighted by Gasteiger charge is -2.51. The Morgan fingerprint density at radius 2 is 1.53 bits per heavy atom. The number of guanidine groups is 1. The Morgan fingerprint density at radius 3 is 2.18 bits per heavy atom. The van der Waals surface area contributed by atoms with Gasteiger partial charge in [0.25, 0.3) is 0 Å². The molecule has 0 radical (unpaired) electrons. The Morgan fingerprint density at radius 1 is 0.816 bits per heavy atom. The highest BCUT2D eigenvalue weighted by atomic mass is 16.8. The first kappa shape index (κ1) is 29.7. The monoisotopic (exact) mass is 549 g/mol. The van der Waals surface area contributed by atoms with Gasteiger partial charge in [-0.1, -0.05) is 0 Å². The molecule has 4 rings (SSSR count). The van der Waals surface area contributed by atoms with Crippen LogP contribution in [0.4, 0.5) is 0 Å². The molecule has 38 heavy (non-hydrogen) atoms. The Bertz CT molecular complexity index is 824. The van der Waals surface area contributed by atoms with E-state index >= 15 is 0 Å². The second-order valence-corrected chi connectivity index (χ2v) is 10.6. The van der Waals surface area contributed by atoms with Gasteiger partial charge in [0.05, 0.1) is 36.5 Å². The van der Waals surface area contributed by atoms with Gasteiger partial charge in [-0.25, -0.2) is 4.99 Å². The predicted octanol–water partition coefficient (Wildman–Crippen LogP) is -5.58. The smallest absolute Gasteiger partial charge is 0.189 e. The molecule has 0 aromatic heterocycles. The lowest BCUT2D eigenvalue weighted by atomic mass is 9.87. The van der Waals surface area contributed by atoms with Crippen LogP contribution < -0.4 is 34.0 Å². The summed E-state index contributed by atoms with van der Waals surface area (Å²) in [6, 6.07) is -3.16. The molecule has 3 aliphatic heterocycles. The minimum Gasteiger partial charge on any atom is -0.391 e. The standard InChI is InChI=1S/C22H43N7O9/c1-6-13(29-22(26)27)15(31)17(33)21(34-6)38-20-14(28-2)16(32)18-12(36-20)4-9(25)19(37-18)35-11-5-10(30)7(23)3-8(11)24/h6-21,28,30-33H,3-5,23-25H2,1-2H3,(H4,26,27,29)/t6?,7-,8?,9?,10?,11+,12+,13-,14?,15+,16?,17?,18?,19+,20?,21-/m1/s1. The third-order valence-corrected chi connectivity index (χ3v) is 7.83. The van der Waals surface area contributed by atoms with Gasteiger partial charge in [0.2, 0.25) is 0 Å². The number of nitrogens with two attached hydrogens (primary N) is 5. The maximum atomic E-state index is 11.2. The van der Waals surface area contributed by atoms with Gasteiger partial charge < -0.3 is 78.1 Å². The molecule has 0 aromatic rings. The first-order valence-electron chi connectivity index (χ1n) is 12.9. The molecule has 16 atom stereocenters. The molecule has 16 nitrogen and oxygen atoms in total. The second-order valence-electron chi connectivity index (χ2n) is 10.6. The Hall–Kier alpha value is -1.25. The van der Waals surface area contributed by atoms with Crippen molar-refractivity contribution < 1.29 is 44.1 Å². The van der Waals surface area contributed by atoms with E-state index in [-0.39, 0.29) is 18.8 Å². The summed E-state index contributed by atoms with van der Waals surface area (Å²) in [4.78, 5) is 3.92. The van der Waals surface area contributed by atoms with Crippen molar-refractivity contribution >= 4 is 5.96 Å². The van der Waals surface area contributed by atoms with E-state index in [0.717, 1.165) is 0 Å². The van der Waals surface area contributed by atoms with Gasteiger partial charge in [-0.2, -0.15) is 0 Å². The van der Waals surface area contributed by atoms with Crippen LogP contribution in [-0.2, 0) is 23.7 Å². The van der Waals surface area contributed by atoms with Crippen molar-refractivity contribution in [3.63, 3.8) is 0 Å². The summed E-state index contributed by atoms with van der Waals surface area (Å²) < 4.78 is 29.9. The molecule has 0 amide bonds. The van der Waals surface area contributed by atoms with Crippen molar-refractivity contribution in [2.75, 3.05) is 7.05 Å². The Labute approximate surface area is 220 Å². The minimum atomic E-state index is -1.50. The third-order valence-electron chi connectivity index (χ3n) is 7.83. The molecule has 4 fully saturated rings. The van der Waals surface area contributed by atoms with Crippen LogP contribution in [0.25, 0.3) is 0 Å². The summed E-state index contributed by atoms with van der Waals surface area (Å²) in [5, 5.41) is 45.5. The van der Waals surface area contributed by atoms with E-state index in [1.807, 2.05) is 0 Å². The van der Waals surface area contributed by atoms with Crippen molar-refractivity contribution in [1.29, 1.82) is 0 Å². The van der Waals surface area contributed by atoms with Crippen molar-refractivity contribution in [2.24, 2.45) is 33.7 Å². The van der Waals surface area contributed by atoms with Crippen LogP contribution >= 0.6 is 0 Å². The quantitative estimate of drug-likeness (QED) is 0.109. The normalized spacial score (nSPS) is 51.7. The van der Waals surface area contributed by atoms with Crippen molar-refractivity contribution in [3.8, 4) is 0 Å². The van der Waals surface area contributed by atoms with Crippen LogP contribution in [0.1, 0.15) is 26.2 Å². The summed E-state index contributed by atoms with van der Waals surface area (Å²) in [5.41, 5.74) is 29.3. The summed E-state index contributed by atoms with van der Waals surface area (Å²) in [6.45, 7) is 1.63. The van der Waals surface area contributed by atoms with Gasteiger partial charge in [0, 0.05) is 18.5 Å². The number of aliphatic imine (C=N–C) groups is 1. The zero-order valence-electron chi connectivity index (χ0n) is 21.5. The van der Waals surface area contributed by atoms with Crippen LogP contribution in [0, 0.1) is 0 Å². The number of rotatable bonds is 6. The fraction of sp³-hybridized carbons (Fsp3) is 0.955. The van der Waals surface area contributed by atoms with E-state index in [2.05, 4.69) is 10.3 Å². The molecule has 1 aliphatic carbocycles. The van der Waals surface area contributed by atoms with Crippen molar-refractivity contribution in [1.82, 2.24) is 5.32 Å². The maximum Gasteiger partial charge on any atom is 0.189 e. The fourth-order valence-electron chi connectivity index (χ4n) is 5.62. The molecule has 15 N–H and O–H groups in total. The van der Waals surface area contributed by atoms with Gasteiger partial charge >= 0.3 is 0 Å². The third kappa shape index (κ3) is 6.07. The molecular formula is C22H43N7O9. The number of nitrogens with zero attached hydrogens (tertiary/aromatic N) is 1. The summed E-state index contributed by atoms with van der Waals surface area (Å²) in [5.74, 6) is -0.253. The molecule has 16 heteroatoms. The van der Waals surface area contributed by atoms with Gasteiger partial charge in [-0.15, -0.1) is 0 Å². The first-order chi connectivity index (χ1) is 17.9. The average Bonchev–Trinajstić information content (AvgIpc) is 2.84. The molecule has 0 spiro atoms. The van der Waals surface area contributed by atoms with Crippen LogP contribution in [0.5, 0.6) is 0 Å². The number of aliphatic hydroxyl groups excluding tert-OH is 4. The summed E-state index contributed by atoms with van der Waals surface area (Å²) in [6.07, 6.45) is -9.85. The Balaban J connectivity index is 1.41. The van der Waals surface area contributed by atoms with Crippen LogP contribution in [-0.4, -0.2) is 131 Å². The summed E-state index contributed by atoms with van der Waals surface area (Å²) in [7, 11) is 1.60. The lowest BCUT2D eigenvalue weighted by molar-refractivity contribution is -0.370.